The fraction of sp³-hybridized carbons (Fsp3) is 0.793. The maximum absolute atomic E-state index is 10.2. The Labute approximate surface area is 186 Å². The molecule has 9 unspecified atom stereocenters. The van der Waals surface area contributed by atoms with Gasteiger partial charge in [0.1, 0.15) is 0 Å². The molecular formula is C29H46O. The summed E-state index contributed by atoms with van der Waals surface area (Å²) in [5.41, 5.74) is 3.82. The van der Waals surface area contributed by atoms with Crippen LogP contribution < -0.4 is 0 Å². The van der Waals surface area contributed by atoms with Crippen LogP contribution in [-0.4, -0.2) is 11.2 Å². The minimum Gasteiger partial charge on any atom is -0.393 e. The lowest BCUT2D eigenvalue weighted by Gasteiger charge is -2.58. The first-order valence-corrected chi connectivity index (χ1v) is 12.9. The van der Waals surface area contributed by atoms with Gasteiger partial charge in [-0.2, -0.15) is 0 Å². The van der Waals surface area contributed by atoms with Crippen molar-refractivity contribution in [1.29, 1.82) is 0 Å². The summed E-state index contributed by atoms with van der Waals surface area (Å²) in [7, 11) is 0. The van der Waals surface area contributed by atoms with Gasteiger partial charge < -0.3 is 5.11 Å². The zero-order valence-electron chi connectivity index (χ0n) is 20.3. The normalized spacial score (nSPS) is 45.3. The van der Waals surface area contributed by atoms with Crippen LogP contribution in [0.3, 0.4) is 0 Å². The number of hydrogen-bond donors (Lipinski definition) is 1. The highest BCUT2D eigenvalue weighted by molar-refractivity contribution is 5.25. The summed E-state index contributed by atoms with van der Waals surface area (Å²) in [6.45, 7) is 16.4. The van der Waals surface area contributed by atoms with E-state index in [1.165, 1.54) is 44.1 Å². The number of hydrogen-bond acceptors (Lipinski definition) is 1. The van der Waals surface area contributed by atoms with E-state index in [0.29, 0.717) is 22.7 Å². The van der Waals surface area contributed by atoms with Crippen LogP contribution in [-0.2, 0) is 0 Å². The summed E-state index contributed by atoms with van der Waals surface area (Å²) in [5, 5.41) is 10.2. The lowest BCUT2D eigenvalue weighted by atomic mass is 9.47. The Morgan fingerprint density at radius 2 is 1.90 bits per heavy atom. The van der Waals surface area contributed by atoms with Crippen LogP contribution in [0.15, 0.2) is 36.0 Å². The van der Waals surface area contributed by atoms with Gasteiger partial charge in [0.25, 0.3) is 0 Å². The maximum Gasteiger partial charge on any atom is 0.0577 e. The molecule has 0 aromatic carbocycles. The molecule has 0 spiro atoms. The molecule has 1 nitrogen and oxygen atoms in total. The summed E-state index contributed by atoms with van der Waals surface area (Å²) in [6, 6.07) is 0. The van der Waals surface area contributed by atoms with E-state index >= 15 is 0 Å². The van der Waals surface area contributed by atoms with Crippen molar-refractivity contribution >= 4 is 0 Å². The van der Waals surface area contributed by atoms with Crippen LogP contribution in [0.25, 0.3) is 0 Å². The number of aliphatic hydroxyl groups excluding tert-OH is 1. The number of rotatable bonds is 5. The lowest BCUT2D eigenvalue weighted by molar-refractivity contribution is -0.0540. The van der Waals surface area contributed by atoms with Gasteiger partial charge in [-0.3, -0.25) is 0 Å². The second kappa shape index (κ2) is 8.27. The molecule has 4 rings (SSSR count). The third kappa shape index (κ3) is 3.58. The van der Waals surface area contributed by atoms with E-state index in [2.05, 4.69) is 59.4 Å². The highest BCUT2D eigenvalue weighted by Gasteiger charge is 2.58. The minimum atomic E-state index is -0.0931. The van der Waals surface area contributed by atoms with Gasteiger partial charge in [0.15, 0.2) is 0 Å². The second-order valence-electron chi connectivity index (χ2n) is 11.9. The summed E-state index contributed by atoms with van der Waals surface area (Å²) >= 11 is 0. The van der Waals surface area contributed by atoms with Gasteiger partial charge in [-0.25, -0.2) is 0 Å². The van der Waals surface area contributed by atoms with Gasteiger partial charge in [0.2, 0.25) is 0 Å². The standard InChI is InChI=1S/C29H46O/c1-7-19(2)20(3)8-9-21(4)25-12-13-26-24-11-10-22-18-23(30)14-16-28(22,5)27(24)15-17-29(25,26)6/h8-10,20-21,23-27,30H,2,7,11-18H2,1,3-6H3. The van der Waals surface area contributed by atoms with Crippen LogP contribution in [0.2, 0.25) is 0 Å². The molecule has 1 heteroatoms. The van der Waals surface area contributed by atoms with Gasteiger partial charge in [-0.05, 0) is 104 Å². The van der Waals surface area contributed by atoms with E-state index in [0.717, 1.165) is 42.9 Å². The maximum atomic E-state index is 10.2. The van der Waals surface area contributed by atoms with E-state index < -0.39 is 0 Å². The molecule has 0 aromatic rings. The Bertz CT molecular complexity index is 716. The fourth-order valence-corrected chi connectivity index (χ4v) is 8.48. The highest BCUT2D eigenvalue weighted by atomic mass is 16.3. The first kappa shape index (κ1) is 22.4. The van der Waals surface area contributed by atoms with Crippen LogP contribution in [0, 0.1) is 46.3 Å². The van der Waals surface area contributed by atoms with Crippen molar-refractivity contribution in [2.45, 2.75) is 98.5 Å². The Kier molecular flexibility index (Phi) is 6.17. The Morgan fingerprint density at radius 3 is 2.63 bits per heavy atom. The van der Waals surface area contributed by atoms with Crippen molar-refractivity contribution < 1.29 is 5.11 Å². The molecule has 0 saturated heterocycles. The van der Waals surface area contributed by atoms with Crippen LogP contribution in [0.4, 0.5) is 0 Å². The molecule has 3 fully saturated rings. The summed E-state index contributed by atoms with van der Waals surface area (Å²) in [5.74, 6) is 4.60. The number of allylic oxidation sites excluding steroid dienone is 4. The summed E-state index contributed by atoms with van der Waals surface area (Å²) in [6.07, 6.45) is 18.6. The molecule has 0 amide bonds. The van der Waals surface area contributed by atoms with Gasteiger partial charge in [0.05, 0.1) is 6.10 Å². The van der Waals surface area contributed by atoms with E-state index in [9.17, 15) is 5.11 Å². The molecule has 0 aromatic heterocycles. The lowest BCUT2D eigenvalue weighted by Crippen LogP contribution is -2.50. The van der Waals surface area contributed by atoms with Crippen molar-refractivity contribution in [2.24, 2.45) is 46.3 Å². The summed E-state index contributed by atoms with van der Waals surface area (Å²) < 4.78 is 0. The predicted molar refractivity (Wildman–Crippen MR) is 128 cm³/mol. The third-order valence-electron chi connectivity index (χ3n) is 10.6. The van der Waals surface area contributed by atoms with E-state index in [1.54, 1.807) is 5.57 Å². The summed E-state index contributed by atoms with van der Waals surface area (Å²) in [4.78, 5) is 0. The van der Waals surface area contributed by atoms with Crippen molar-refractivity contribution in [1.82, 2.24) is 0 Å². The molecule has 168 valence electrons. The van der Waals surface area contributed by atoms with Crippen LogP contribution in [0.5, 0.6) is 0 Å². The molecule has 4 aliphatic rings. The van der Waals surface area contributed by atoms with Crippen molar-refractivity contribution in [3.05, 3.63) is 36.0 Å². The Balaban J connectivity index is 1.51. The smallest absolute Gasteiger partial charge is 0.0577 e. The molecule has 4 aliphatic carbocycles. The number of fused-ring (bicyclic) bond motifs is 5. The van der Waals surface area contributed by atoms with Gasteiger partial charge >= 0.3 is 0 Å². The first-order valence-electron chi connectivity index (χ1n) is 12.9. The number of aliphatic hydroxyl groups is 1. The molecule has 3 saturated carbocycles. The predicted octanol–water partition coefficient (Wildman–Crippen LogP) is 7.72. The van der Waals surface area contributed by atoms with Crippen molar-refractivity contribution in [2.75, 3.05) is 0 Å². The Hall–Kier alpha value is -0.820. The molecule has 1 N–H and O–H groups in total. The van der Waals surface area contributed by atoms with Crippen molar-refractivity contribution in [3.8, 4) is 0 Å². The minimum absolute atomic E-state index is 0.0931. The molecule has 0 aliphatic heterocycles. The van der Waals surface area contributed by atoms with Gasteiger partial charge in [0, 0.05) is 0 Å². The fourth-order valence-electron chi connectivity index (χ4n) is 8.48. The first-order chi connectivity index (χ1) is 14.2. The molecule has 9 atom stereocenters. The monoisotopic (exact) mass is 410 g/mol. The van der Waals surface area contributed by atoms with E-state index in [1.807, 2.05) is 0 Å². The van der Waals surface area contributed by atoms with Gasteiger partial charge in [-0.15, -0.1) is 0 Å². The average molecular weight is 411 g/mol. The zero-order valence-corrected chi connectivity index (χ0v) is 20.3. The molecule has 0 heterocycles. The van der Waals surface area contributed by atoms with Crippen LogP contribution in [0.1, 0.15) is 92.4 Å². The van der Waals surface area contributed by atoms with Gasteiger partial charge in [-0.1, -0.05) is 70.6 Å². The quantitative estimate of drug-likeness (QED) is 0.460. The zero-order chi connectivity index (χ0) is 21.7. The molecule has 0 bridgehead atoms. The molecule has 0 radical (unpaired) electrons. The second-order valence-corrected chi connectivity index (χ2v) is 11.9. The van der Waals surface area contributed by atoms with E-state index in [4.69, 9.17) is 0 Å². The topological polar surface area (TPSA) is 20.2 Å². The largest absolute Gasteiger partial charge is 0.393 e. The molecular weight excluding hydrogens is 364 g/mol. The SMILES string of the molecule is C=C(CC)C(C)C=CC(C)C1CCC2C3CC=C4CC(O)CCC4(C)C3CCC12C. The average Bonchev–Trinajstić information content (AvgIpc) is 3.09. The molecule has 30 heavy (non-hydrogen) atoms. The van der Waals surface area contributed by atoms with Crippen molar-refractivity contribution in [3.63, 3.8) is 0 Å². The Morgan fingerprint density at radius 1 is 1.13 bits per heavy atom. The third-order valence-corrected chi connectivity index (χ3v) is 10.6. The van der Waals surface area contributed by atoms with E-state index in [-0.39, 0.29) is 6.10 Å². The highest BCUT2D eigenvalue weighted by Crippen LogP contribution is 2.67. The van der Waals surface area contributed by atoms with Crippen LogP contribution >= 0.6 is 0 Å².